The standard InChI is InChI=1S/C13H16N2O3/c1-2-8-14-13(18)15(10-12(16)17)9-11-6-4-3-5-7-11/h2-7H,1,8-10H2,(H,14,18)(H,16,17). The molecule has 0 heterocycles. The third-order valence-electron chi connectivity index (χ3n) is 2.23. The number of carboxylic acids is 1. The highest BCUT2D eigenvalue weighted by atomic mass is 16.4. The maximum atomic E-state index is 11.7. The van der Waals surface area contributed by atoms with E-state index in [1.807, 2.05) is 30.3 Å². The van der Waals surface area contributed by atoms with Crippen molar-refractivity contribution in [1.29, 1.82) is 0 Å². The average molecular weight is 248 g/mol. The molecular formula is C13H16N2O3. The zero-order valence-electron chi connectivity index (χ0n) is 10.0. The Balaban J connectivity index is 2.68. The summed E-state index contributed by atoms with van der Waals surface area (Å²) in [6.45, 7) is 3.72. The Morgan fingerprint density at radius 3 is 2.56 bits per heavy atom. The van der Waals surface area contributed by atoms with Gasteiger partial charge < -0.3 is 15.3 Å². The number of benzene rings is 1. The lowest BCUT2D eigenvalue weighted by molar-refractivity contribution is -0.137. The summed E-state index contributed by atoms with van der Waals surface area (Å²) >= 11 is 0. The summed E-state index contributed by atoms with van der Waals surface area (Å²) in [6.07, 6.45) is 1.54. The van der Waals surface area contributed by atoms with Crippen molar-refractivity contribution in [1.82, 2.24) is 10.2 Å². The molecule has 0 spiro atoms. The van der Waals surface area contributed by atoms with Crippen LogP contribution >= 0.6 is 0 Å². The van der Waals surface area contributed by atoms with E-state index in [1.165, 1.54) is 4.90 Å². The number of nitrogens with zero attached hydrogens (tertiary/aromatic N) is 1. The van der Waals surface area contributed by atoms with Crippen molar-refractivity contribution in [2.45, 2.75) is 6.54 Å². The van der Waals surface area contributed by atoms with Crippen LogP contribution in [0.25, 0.3) is 0 Å². The van der Waals surface area contributed by atoms with Gasteiger partial charge in [-0.05, 0) is 5.56 Å². The number of carbonyl (C=O) groups excluding carboxylic acids is 1. The number of rotatable bonds is 6. The second kappa shape index (κ2) is 7.11. The van der Waals surface area contributed by atoms with Crippen LogP contribution in [0.15, 0.2) is 43.0 Å². The van der Waals surface area contributed by atoms with Crippen LogP contribution in [0.1, 0.15) is 5.56 Å². The van der Waals surface area contributed by atoms with E-state index in [9.17, 15) is 9.59 Å². The van der Waals surface area contributed by atoms with E-state index < -0.39 is 12.0 Å². The van der Waals surface area contributed by atoms with Crippen molar-refractivity contribution < 1.29 is 14.7 Å². The third kappa shape index (κ3) is 4.69. The Bertz CT molecular complexity index is 418. The fourth-order valence-electron chi connectivity index (χ4n) is 1.44. The van der Waals surface area contributed by atoms with Gasteiger partial charge in [-0.25, -0.2) is 4.79 Å². The van der Waals surface area contributed by atoms with Crippen molar-refractivity contribution in [2.24, 2.45) is 0 Å². The molecule has 0 atom stereocenters. The highest BCUT2D eigenvalue weighted by Gasteiger charge is 2.16. The summed E-state index contributed by atoms with van der Waals surface area (Å²) in [4.78, 5) is 23.7. The summed E-state index contributed by atoms with van der Waals surface area (Å²) in [6, 6.07) is 8.82. The van der Waals surface area contributed by atoms with Crippen molar-refractivity contribution in [3.05, 3.63) is 48.6 Å². The second-order valence-electron chi connectivity index (χ2n) is 3.71. The number of amides is 2. The fourth-order valence-corrected chi connectivity index (χ4v) is 1.44. The van der Waals surface area contributed by atoms with E-state index in [-0.39, 0.29) is 13.1 Å². The molecule has 2 N–H and O–H groups in total. The summed E-state index contributed by atoms with van der Waals surface area (Å²) in [5.74, 6) is -1.04. The lowest BCUT2D eigenvalue weighted by Gasteiger charge is -2.20. The molecule has 0 saturated carbocycles. The molecule has 0 aliphatic rings. The minimum Gasteiger partial charge on any atom is -0.480 e. The number of carbonyl (C=O) groups is 2. The molecule has 0 aliphatic heterocycles. The van der Waals surface area contributed by atoms with Gasteiger partial charge in [-0.3, -0.25) is 4.79 Å². The summed E-state index contributed by atoms with van der Waals surface area (Å²) in [5, 5.41) is 11.4. The van der Waals surface area contributed by atoms with Crippen LogP contribution in [0.3, 0.4) is 0 Å². The van der Waals surface area contributed by atoms with Gasteiger partial charge in [0, 0.05) is 13.1 Å². The van der Waals surface area contributed by atoms with Crippen molar-refractivity contribution in [3.63, 3.8) is 0 Å². The van der Waals surface area contributed by atoms with Gasteiger partial charge in [0.1, 0.15) is 6.54 Å². The molecular weight excluding hydrogens is 232 g/mol. The molecule has 0 aliphatic carbocycles. The molecule has 0 unspecified atom stereocenters. The van der Waals surface area contributed by atoms with Gasteiger partial charge in [-0.1, -0.05) is 36.4 Å². The van der Waals surface area contributed by atoms with Gasteiger partial charge in [0.2, 0.25) is 0 Å². The van der Waals surface area contributed by atoms with Crippen molar-refractivity contribution >= 4 is 12.0 Å². The molecule has 0 fully saturated rings. The smallest absolute Gasteiger partial charge is 0.323 e. The lowest BCUT2D eigenvalue weighted by atomic mass is 10.2. The van der Waals surface area contributed by atoms with Crippen molar-refractivity contribution in [3.8, 4) is 0 Å². The van der Waals surface area contributed by atoms with Gasteiger partial charge >= 0.3 is 12.0 Å². The molecule has 0 bridgehead atoms. The van der Waals surface area contributed by atoms with E-state index in [1.54, 1.807) is 6.08 Å². The molecule has 1 aromatic rings. The average Bonchev–Trinajstić information content (AvgIpc) is 2.36. The second-order valence-corrected chi connectivity index (χ2v) is 3.71. The van der Waals surface area contributed by atoms with E-state index in [0.717, 1.165) is 5.56 Å². The minimum absolute atomic E-state index is 0.260. The Morgan fingerprint density at radius 1 is 1.33 bits per heavy atom. The first kappa shape index (κ1) is 13.8. The quantitative estimate of drug-likeness (QED) is 0.749. The molecule has 0 aromatic heterocycles. The number of nitrogens with one attached hydrogen (secondary N) is 1. The molecule has 0 saturated heterocycles. The van der Waals surface area contributed by atoms with Gasteiger partial charge in [-0.2, -0.15) is 0 Å². The number of carboxylic acid groups (broad SMARTS) is 1. The predicted octanol–water partition coefficient (Wildman–Crippen LogP) is 1.47. The molecule has 1 rings (SSSR count). The molecule has 96 valence electrons. The van der Waals surface area contributed by atoms with E-state index in [0.29, 0.717) is 6.54 Å². The molecule has 5 heteroatoms. The predicted molar refractivity (Wildman–Crippen MR) is 68.1 cm³/mol. The van der Waals surface area contributed by atoms with Gasteiger partial charge in [-0.15, -0.1) is 6.58 Å². The Kier molecular flexibility index (Phi) is 5.44. The van der Waals surface area contributed by atoms with Crippen molar-refractivity contribution in [2.75, 3.05) is 13.1 Å². The number of hydrogen-bond donors (Lipinski definition) is 2. The number of urea groups is 1. The monoisotopic (exact) mass is 248 g/mol. The summed E-state index contributed by atoms with van der Waals surface area (Å²) in [7, 11) is 0. The lowest BCUT2D eigenvalue weighted by Crippen LogP contribution is -2.42. The fraction of sp³-hybridized carbons (Fsp3) is 0.231. The first-order valence-electron chi connectivity index (χ1n) is 5.53. The SMILES string of the molecule is C=CCNC(=O)N(CC(=O)O)Cc1ccccc1. The molecule has 18 heavy (non-hydrogen) atoms. The zero-order chi connectivity index (χ0) is 13.4. The normalized spacial score (nSPS) is 9.56. The van der Waals surface area contributed by atoms with Gasteiger partial charge in [0.25, 0.3) is 0 Å². The Hall–Kier alpha value is -2.30. The maximum Gasteiger partial charge on any atom is 0.323 e. The minimum atomic E-state index is -1.04. The van der Waals surface area contributed by atoms with Crippen LogP contribution in [0.4, 0.5) is 4.79 Å². The van der Waals surface area contributed by atoms with Crippen LogP contribution in [-0.2, 0) is 11.3 Å². The highest BCUT2D eigenvalue weighted by Crippen LogP contribution is 2.04. The number of hydrogen-bond acceptors (Lipinski definition) is 2. The van der Waals surface area contributed by atoms with Gasteiger partial charge in [0.15, 0.2) is 0 Å². The highest BCUT2D eigenvalue weighted by molar-refractivity contribution is 5.80. The Morgan fingerprint density at radius 2 is 2.00 bits per heavy atom. The van der Waals surface area contributed by atoms with Crippen LogP contribution in [-0.4, -0.2) is 35.1 Å². The first-order valence-corrected chi connectivity index (χ1v) is 5.53. The number of aliphatic carboxylic acids is 1. The van der Waals surface area contributed by atoms with Crippen LogP contribution in [0.2, 0.25) is 0 Å². The molecule has 5 nitrogen and oxygen atoms in total. The third-order valence-corrected chi connectivity index (χ3v) is 2.23. The molecule has 0 radical (unpaired) electrons. The van der Waals surface area contributed by atoms with Crippen LogP contribution < -0.4 is 5.32 Å². The van der Waals surface area contributed by atoms with Crippen LogP contribution in [0, 0.1) is 0 Å². The topological polar surface area (TPSA) is 69.6 Å². The molecule has 2 amide bonds. The molecule has 1 aromatic carbocycles. The zero-order valence-corrected chi connectivity index (χ0v) is 10.0. The first-order chi connectivity index (χ1) is 8.63. The van der Waals surface area contributed by atoms with E-state index in [2.05, 4.69) is 11.9 Å². The largest absolute Gasteiger partial charge is 0.480 e. The van der Waals surface area contributed by atoms with E-state index in [4.69, 9.17) is 5.11 Å². The summed E-state index contributed by atoms with van der Waals surface area (Å²) < 4.78 is 0. The summed E-state index contributed by atoms with van der Waals surface area (Å²) in [5.41, 5.74) is 0.882. The Labute approximate surface area is 106 Å². The van der Waals surface area contributed by atoms with Crippen LogP contribution in [0.5, 0.6) is 0 Å². The maximum absolute atomic E-state index is 11.7. The van der Waals surface area contributed by atoms with E-state index >= 15 is 0 Å². The van der Waals surface area contributed by atoms with Gasteiger partial charge in [0.05, 0.1) is 0 Å².